The van der Waals surface area contributed by atoms with E-state index in [9.17, 15) is 0 Å². The Labute approximate surface area is 126 Å². The van der Waals surface area contributed by atoms with E-state index in [1.807, 2.05) is 11.3 Å². The maximum Gasteiger partial charge on any atom is 0.123 e. The van der Waals surface area contributed by atoms with Gasteiger partial charge in [0.2, 0.25) is 0 Å². The summed E-state index contributed by atoms with van der Waals surface area (Å²) in [4.78, 5) is 6.19. The van der Waals surface area contributed by atoms with E-state index >= 15 is 0 Å². The Morgan fingerprint density at radius 2 is 2.16 bits per heavy atom. The molecule has 0 spiro atoms. The number of hydrogen-bond donors (Lipinski definition) is 1. The minimum atomic E-state index is 0.789. The molecule has 1 saturated heterocycles. The number of benzene rings is 1. The molecule has 1 fully saturated rings. The van der Waals surface area contributed by atoms with Crippen LogP contribution in [0, 0.1) is 12.8 Å². The maximum absolute atomic E-state index is 4.74. The fraction of sp³-hybridized carbons (Fsp3) is 0.400. The molecule has 0 bridgehead atoms. The number of aryl methyl sites for hydroxylation is 1. The van der Waals surface area contributed by atoms with Crippen LogP contribution in [-0.2, 0) is 6.42 Å². The molecular weight excluding hydrogens is 320 g/mol. The standard InChI is InChI=1S/C15H17BrN2S/c1-10-14(8-11-6-7-17-9-11)19-15(18-10)12-2-4-13(16)5-3-12/h2-5,11,17H,6-9H2,1H3. The van der Waals surface area contributed by atoms with Crippen LogP contribution in [0.3, 0.4) is 0 Å². The van der Waals surface area contributed by atoms with Gasteiger partial charge in [-0.25, -0.2) is 4.98 Å². The third kappa shape index (κ3) is 3.07. The number of hydrogen-bond acceptors (Lipinski definition) is 3. The summed E-state index contributed by atoms with van der Waals surface area (Å²) in [5.74, 6) is 0.789. The fourth-order valence-corrected chi connectivity index (χ4v) is 3.93. The average Bonchev–Trinajstić information content (AvgIpc) is 3.02. The Kier molecular flexibility index (Phi) is 4.01. The summed E-state index contributed by atoms with van der Waals surface area (Å²) >= 11 is 5.32. The molecule has 1 N–H and O–H groups in total. The first kappa shape index (κ1) is 13.3. The zero-order valence-electron chi connectivity index (χ0n) is 10.9. The second kappa shape index (κ2) is 5.73. The molecule has 1 aliphatic heterocycles. The van der Waals surface area contributed by atoms with E-state index < -0.39 is 0 Å². The van der Waals surface area contributed by atoms with Crippen molar-refractivity contribution in [3.05, 3.63) is 39.3 Å². The first-order valence-corrected chi connectivity index (χ1v) is 8.26. The largest absolute Gasteiger partial charge is 0.316 e. The molecule has 1 aliphatic rings. The molecule has 2 nitrogen and oxygen atoms in total. The quantitative estimate of drug-likeness (QED) is 0.915. The monoisotopic (exact) mass is 336 g/mol. The van der Waals surface area contributed by atoms with E-state index in [4.69, 9.17) is 4.98 Å². The van der Waals surface area contributed by atoms with Crippen LogP contribution in [-0.4, -0.2) is 18.1 Å². The molecule has 0 radical (unpaired) electrons. The van der Waals surface area contributed by atoms with Gasteiger partial charge in [-0.1, -0.05) is 28.1 Å². The van der Waals surface area contributed by atoms with Gasteiger partial charge in [-0.05, 0) is 50.9 Å². The minimum absolute atomic E-state index is 0.789. The summed E-state index contributed by atoms with van der Waals surface area (Å²) in [6, 6.07) is 8.41. The second-order valence-electron chi connectivity index (χ2n) is 5.10. The first-order chi connectivity index (χ1) is 9.22. The summed E-state index contributed by atoms with van der Waals surface area (Å²) in [7, 11) is 0. The number of nitrogens with zero attached hydrogens (tertiary/aromatic N) is 1. The predicted molar refractivity (Wildman–Crippen MR) is 84.7 cm³/mol. The maximum atomic E-state index is 4.74. The molecule has 3 rings (SSSR count). The minimum Gasteiger partial charge on any atom is -0.316 e. The highest BCUT2D eigenvalue weighted by Gasteiger charge is 2.18. The second-order valence-corrected chi connectivity index (χ2v) is 7.10. The summed E-state index contributed by atoms with van der Waals surface area (Å²) in [6.07, 6.45) is 2.47. The van der Waals surface area contributed by atoms with Crippen molar-refractivity contribution in [2.24, 2.45) is 5.92 Å². The van der Waals surface area contributed by atoms with E-state index in [-0.39, 0.29) is 0 Å². The molecule has 0 saturated carbocycles. The number of thiazole rings is 1. The third-order valence-electron chi connectivity index (χ3n) is 3.62. The summed E-state index contributed by atoms with van der Waals surface area (Å²) < 4.78 is 1.11. The molecular formula is C15H17BrN2S. The van der Waals surface area contributed by atoms with Crippen molar-refractivity contribution in [2.45, 2.75) is 19.8 Å². The van der Waals surface area contributed by atoms with Crippen molar-refractivity contribution < 1.29 is 0 Å². The molecule has 0 aliphatic carbocycles. The normalized spacial score (nSPS) is 18.9. The van der Waals surface area contributed by atoms with Gasteiger partial charge >= 0.3 is 0 Å². The lowest BCUT2D eigenvalue weighted by molar-refractivity contribution is 0.583. The molecule has 19 heavy (non-hydrogen) atoms. The van der Waals surface area contributed by atoms with E-state index in [0.29, 0.717) is 0 Å². The molecule has 100 valence electrons. The molecule has 1 unspecified atom stereocenters. The number of halogens is 1. The van der Waals surface area contributed by atoms with Gasteiger partial charge in [0.1, 0.15) is 5.01 Å². The lowest BCUT2D eigenvalue weighted by atomic mass is 10.0. The van der Waals surface area contributed by atoms with Crippen LogP contribution in [0.2, 0.25) is 0 Å². The van der Waals surface area contributed by atoms with Crippen LogP contribution in [0.15, 0.2) is 28.7 Å². The molecule has 1 atom stereocenters. The number of aromatic nitrogens is 1. The van der Waals surface area contributed by atoms with Gasteiger partial charge in [0.25, 0.3) is 0 Å². The van der Waals surface area contributed by atoms with E-state index in [2.05, 4.69) is 52.4 Å². The zero-order valence-corrected chi connectivity index (χ0v) is 13.4. The van der Waals surface area contributed by atoms with Crippen molar-refractivity contribution in [2.75, 3.05) is 13.1 Å². The van der Waals surface area contributed by atoms with E-state index in [1.54, 1.807) is 0 Å². The van der Waals surface area contributed by atoms with Gasteiger partial charge in [-0.15, -0.1) is 11.3 Å². The Morgan fingerprint density at radius 3 is 2.84 bits per heavy atom. The van der Waals surface area contributed by atoms with E-state index in [0.717, 1.165) is 21.9 Å². The van der Waals surface area contributed by atoms with Crippen molar-refractivity contribution >= 4 is 27.3 Å². The topological polar surface area (TPSA) is 24.9 Å². The van der Waals surface area contributed by atoms with Crippen molar-refractivity contribution in [3.63, 3.8) is 0 Å². The molecule has 0 amide bonds. The average molecular weight is 337 g/mol. The van der Waals surface area contributed by atoms with Gasteiger partial charge in [0, 0.05) is 14.9 Å². The predicted octanol–water partition coefficient (Wildman–Crippen LogP) is 4.03. The Bertz CT molecular complexity index is 556. The van der Waals surface area contributed by atoms with Gasteiger partial charge in [0.15, 0.2) is 0 Å². The first-order valence-electron chi connectivity index (χ1n) is 6.65. The molecule has 2 aromatic rings. The van der Waals surface area contributed by atoms with Crippen LogP contribution < -0.4 is 5.32 Å². The Morgan fingerprint density at radius 1 is 1.37 bits per heavy atom. The van der Waals surface area contributed by atoms with Gasteiger partial charge in [-0.3, -0.25) is 0 Å². The van der Waals surface area contributed by atoms with Crippen LogP contribution in [0.5, 0.6) is 0 Å². The van der Waals surface area contributed by atoms with E-state index in [1.165, 1.54) is 35.5 Å². The molecule has 1 aromatic heterocycles. The van der Waals surface area contributed by atoms with Crippen molar-refractivity contribution in [1.82, 2.24) is 10.3 Å². The van der Waals surface area contributed by atoms with Crippen LogP contribution >= 0.6 is 27.3 Å². The summed E-state index contributed by atoms with van der Waals surface area (Å²) in [5, 5.41) is 4.58. The highest BCUT2D eigenvalue weighted by atomic mass is 79.9. The summed E-state index contributed by atoms with van der Waals surface area (Å²) in [6.45, 7) is 4.46. The smallest absolute Gasteiger partial charge is 0.123 e. The number of rotatable bonds is 3. The zero-order chi connectivity index (χ0) is 13.2. The molecule has 1 aromatic carbocycles. The van der Waals surface area contributed by atoms with Crippen LogP contribution in [0.1, 0.15) is 17.0 Å². The molecule has 2 heterocycles. The SMILES string of the molecule is Cc1nc(-c2ccc(Br)cc2)sc1CC1CCNC1. The third-order valence-corrected chi connectivity index (χ3v) is 5.38. The van der Waals surface area contributed by atoms with Gasteiger partial charge in [0.05, 0.1) is 5.69 Å². The lowest BCUT2D eigenvalue weighted by Gasteiger charge is -2.05. The van der Waals surface area contributed by atoms with Gasteiger partial charge < -0.3 is 5.32 Å². The van der Waals surface area contributed by atoms with Crippen molar-refractivity contribution in [3.8, 4) is 10.6 Å². The summed E-state index contributed by atoms with van der Waals surface area (Å²) in [5.41, 5.74) is 2.42. The highest BCUT2D eigenvalue weighted by Crippen LogP contribution is 2.31. The molecule has 4 heteroatoms. The Hall–Kier alpha value is -0.710. The Balaban J connectivity index is 1.81. The van der Waals surface area contributed by atoms with Crippen LogP contribution in [0.25, 0.3) is 10.6 Å². The van der Waals surface area contributed by atoms with Crippen molar-refractivity contribution in [1.29, 1.82) is 0 Å². The van der Waals surface area contributed by atoms with Crippen LogP contribution in [0.4, 0.5) is 0 Å². The van der Waals surface area contributed by atoms with Gasteiger partial charge in [-0.2, -0.15) is 0 Å². The number of nitrogens with one attached hydrogen (secondary N) is 1. The lowest BCUT2D eigenvalue weighted by Crippen LogP contribution is -2.10. The highest BCUT2D eigenvalue weighted by molar-refractivity contribution is 9.10. The fourth-order valence-electron chi connectivity index (χ4n) is 2.48.